The number of thioether (sulfide) groups is 1. The van der Waals surface area contributed by atoms with Crippen LogP contribution in [0.3, 0.4) is 0 Å². The minimum absolute atomic E-state index is 0.240. The number of benzene rings is 3. The Morgan fingerprint density at radius 2 is 1.74 bits per heavy atom. The van der Waals surface area contributed by atoms with Gasteiger partial charge in [-0.1, -0.05) is 35.9 Å². The summed E-state index contributed by atoms with van der Waals surface area (Å²) in [5.74, 6) is 0.737. The number of carbonyl (C=O) groups is 2. The second-order valence-electron chi connectivity index (χ2n) is 7.34. The molecule has 0 radical (unpaired) electrons. The summed E-state index contributed by atoms with van der Waals surface area (Å²) in [6, 6.07) is 18.7. The molecule has 0 bridgehead atoms. The fourth-order valence-electron chi connectivity index (χ4n) is 3.26. The largest absolute Gasteiger partial charge is 0.493 e. The van der Waals surface area contributed by atoms with E-state index in [-0.39, 0.29) is 17.7 Å². The Balaban J connectivity index is 1.52. The van der Waals surface area contributed by atoms with Crippen molar-refractivity contribution in [2.45, 2.75) is 13.2 Å². The van der Waals surface area contributed by atoms with Crippen molar-refractivity contribution in [3.05, 3.63) is 95.3 Å². The van der Waals surface area contributed by atoms with Gasteiger partial charge in [-0.05, 0) is 109 Å². The predicted octanol–water partition coefficient (Wildman–Crippen LogP) is 7.53. The van der Waals surface area contributed by atoms with E-state index in [4.69, 9.17) is 21.1 Å². The average Bonchev–Trinajstić information content (AvgIpc) is 3.07. The predicted molar refractivity (Wildman–Crippen MR) is 147 cm³/mol. The van der Waals surface area contributed by atoms with E-state index in [1.165, 1.54) is 4.90 Å². The van der Waals surface area contributed by atoms with Gasteiger partial charge in [-0.15, -0.1) is 0 Å². The Labute approximate surface area is 228 Å². The summed E-state index contributed by atoms with van der Waals surface area (Å²) in [4.78, 5) is 27.0. The molecule has 0 atom stereocenters. The van der Waals surface area contributed by atoms with E-state index in [0.717, 1.165) is 26.5 Å². The first-order valence-electron chi connectivity index (χ1n) is 10.1. The van der Waals surface area contributed by atoms with Crippen molar-refractivity contribution in [2.75, 3.05) is 7.11 Å². The molecule has 1 aliphatic rings. The van der Waals surface area contributed by atoms with Crippen molar-refractivity contribution in [1.29, 1.82) is 0 Å². The molecule has 1 fully saturated rings. The van der Waals surface area contributed by atoms with Crippen molar-refractivity contribution >= 4 is 79.1 Å². The first kappa shape index (κ1) is 25.1. The van der Waals surface area contributed by atoms with Crippen LogP contribution >= 0.6 is 61.9 Å². The van der Waals surface area contributed by atoms with Crippen LogP contribution in [0.15, 0.2) is 70.0 Å². The lowest BCUT2D eigenvalue weighted by Crippen LogP contribution is -2.27. The van der Waals surface area contributed by atoms with E-state index in [0.29, 0.717) is 38.1 Å². The third-order valence-corrected chi connectivity index (χ3v) is 7.44. The molecule has 0 N–H and O–H groups in total. The first-order chi connectivity index (χ1) is 16.3. The second kappa shape index (κ2) is 11.2. The van der Waals surface area contributed by atoms with E-state index >= 15 is 0 Å². The number of methoxy groups -OCH3 is 1. The number of imide groups is 1. The van der Waals surface area contributed by atoms with Gasteiger partial charge in [0.15, 0.2) is 11.5 Å². The topological polar surface area (TPSA) is 55.8 Å². The van der Waals surface area contributed by atoms with Crippen molar-refractivity contribution in [1.82, 2.24) is 4.90 Å². The molecule has 34 heavy (non-hydrogen) atoms. The third kappa shape index (κ3) is 5.97. The molecule has 0 unspecified atom stereocenters. The molecule has 3 aromatic rings. The fourth-order valence-corrected chi connectivity index (χ4v) is 5.16. The quantitative estimate of drug-likeness (QED) is 0.192. The van der Waals surface area contributed by atoms with Gasteiger partial charge >= 0.3 is 0 Å². The Morgan fingerprint density at radius 1 is 1.06 bits per heavy atom. The molecule has 2 amide bonds. The van der Waals surface area contributed by atoms with Crippen LogP contribution in [0.25, 0.3) is 6.08 Å². The highest BCUT2D eigenvalue weighted by molar-refractivity contribution is 14.1. The van der Waals surface area contributed by atoms with E-state index in [1.807, 2.05) is 42.5 Å². The molecule has 9 heteroatoms. The van der Waals surface area contributed by atoms with Crippen LogP contribution in [0.5, 0.6) is 11.5 Å². The maximum absolute atomic E-state index is 12.9. The zero-order valence-corrected chi connectivity index (χ0v) is 23.2. The van der Waals surface area contributed by atoms with Crippen molar-refractivity contribution < 1.29 is 19.1 Å². The van der Waals surface area contributed by atoms with Crippen LogP contribution in [-0.2, 0) is 17.9 Å². The molecule has 174 valence electrons. The molecule has 5 nitrogen and oxygen atoms in total. The first-order valence-corrected chi connectivity index (χ1v) is 13.2. The zero-order valence-electron chi connectivity index (χ0n) is 17.9. The third-order valence-electron chi connectivity index (χ3n) is 4.97. The number of halogens is 3. The molecular formula is C25H18BrClINO4S. The molecule has 0 saturated carbocycles. The molecular weight excluding hydrogens is 653 g/mol. The van der Waals surface area contributed by atoms with E-state index in [1.54, 1.807) is 31.4 Å². The smallest absolute Gasteiger partial charge is 0.293 e. The van der Waals surface area contributed by atoms with E-state index in [2.05, 4.69) is 38.5 Å². The molecule has 3 aromatic carbocycles. The van der Waals surface area contributed by atoms with Crippen LogP contribution in [-0.4, -0.2) is 23.2 Å². The van der Waals surface area contributed by atoms with Gasteiger partial charge in [0.25, 0.3) is 11.1 Å². The Hall–Kier alpha value is -2.01. The van der Waals surface area contributed by atoms with Gasteiger partial charge in [-0.25, -0.2) is 0 Å². The molecule has 1 heterocycles. The molecule has 0 spiro atoms. The zero-order chi connectivity index (χ0) is 24.2. The number of ether oxygens (including phenoxy) is 2. The number of hydrogen-bond donors (Lipinski definition) is 0. The fraction of sp³-hybridized carbons (Fsp3) is 0.120. The maximum Gasteiger partial charge on any atom is 0.293 e. The number of rotatable bonds is 7. The van der Waals surface area contributed by atoms with Gasteiger partial charge in [0, 0.05) is 8.59 Å². The number of amides is 2. The SMILES string of the molecule is COc1cc(/C=C2/SC(=O)N(Cc3ccc(I)cc3)C2=O)cc(Br)c1OCc1ccc(Cl)cc1. The standard InChI is InChI=1S/C25H18BrClINO4S/c1-32-21-11-17(10-20(26)23(21)33-14-16-2-6-18(27)7-3-16)12-22-24(30)29(25(31)34-22)13-15-4-8-19(28)9-5-15/h2-12H,13-14H2,1H3/b22-12+. The Kier molecular flexibility index (Phi) is 8.23. The van der Waals surface area contributed by atoms with Gasteiger partial charge in [-0.2, -0.15) is 0 Å². The summed E-state index contributed by atoms with van der Waals surface area (Å²) >= 11 is 12.6. The second-order valence-corrected chi connectivity index (χ2v) is 10.9. The van der Waals surface area contributed by atoms with Crippen LogP contribution in [0.1, 0.15) is 16.7 Å². The molecule has 1 aliphatic heterocycles. The molecule has 0 aromatic heterocycles. The summed E-state index contributed by atoms with van der Waals surface area (Å²) < 4.78 is 13.3. The summed E-state index contributed by atoms with van der Waals surface area (Å²) in [5.41, 5.74) is 2.57. The Morgan fingerprint density at radius 3 is 2.41 bits per heavy atom. The monoisotopic (exact) mass is 669 g/mol. The van der Waals surface area contributed by atoms with Crippen LogP contribution in [0.2, 0.25) is 5.02 Å². The van der Waals surface area contributed by atoms with Crippen molar-refractivity contribution in [3.63, 3.8) is 0 Å². The minimum atomic E-state index is -0.313. The number of hydrogen-bond acceptors (Lipinski definition) is 5. The maximum atomic E-state index is 12.9. The number of carbonyl (C=O) groups excluding carboxylic acids is 2. The van der Waals surface area contributed by atoms with Crippen LogP contribution in [0, 0.1) is 3.57 Å². The highest BCUT2D eigenvalue weighted by Crippen LogP contribution is 2.39. The van der Waals surface area contributed by atoms with Gasteiger partial charge < -0.3 is 9.47 Å². The van der Waals surface area contributed by atoms with Gasteiger partial charge in [0.1, 0.15) is 6.61 Å². The summed E-state index contributed by atoms with van der Waals surface area (Å²) in [6.45, 7) is 0.576. The lowest BCUT2D eigenvalue weighted by atomic mass is 10.1. The van der Waals surface area contributed by atoms with Gasteiger partial charge in [0.2, 0.25) is 0 Å². The number of nitrogens with zero attached hydrogens (tertiary/aromatic N) is 1. The molecule has 4 rings (SSSR count). The molecule has 1 saturated heterocycles. The average molecular weight is 671 g/mol. The van der Waals surface area contributed by atoms with Crippen molar-refractivity contribution in [3.8, 4) is 11.5 Å². The molecule has 0 aliphatic carbocycles. The van der Waals surface area contributed by atoms with Gasteiger partial charge in [-0.3, -0.25) is 14.5 Å². The summed E-state index contributed by atoms with van der Waals surface area (Å²) in [6.07, 6.45) is 1.69. The van der Waals surface area contributed by atoms with E-state index in [9.17, 15) is 9.59 Å². The van der Waals surface area contributed by atoms with Crippen molar-refractivity contribution in [2.24, 2.45) is 0 Å². The van der Waals surface area contributed by atoms with Crippen LogP contribution < -0.4 is 9.47 Å². The minimum Gasteiger partial charge on any atom is -0.493 e. The summed E-state index contributed by atoms with van der Waals surface area (Å²) in [5, 5.41) is 0.374. The lowest BCUT2D eigenvalue weighted by Gasteiger charge is -2.14. The van der Waals surface area contributed by atoms with E-state index < -0.39 is 0 Å². The highest BCUT2D eigenvalue weighted by Gasteiger charge is 2.35. The normalized spacial score (nSPS) is 14.7. The Bertz CT molecular complexity index is 1270. The lowest BCUT2D eigenvalue weighted by molar-refractivity contribution is -0.123. The summed E-state index contributed by atoms with van der Waals surface area (Å²) in [7, 11) is 1.55. The van der Waals surface area contributed by atoms with Crippen LogP contribution in [0.4, 0.5) is 4.79 Å². The highest BCUT2D eigenvalue weighted by atomic mass is 127. The van der Waals surface area contributed by atoms with Gasteiger partial charge in [0.05, 0.1) is 23.0 Å².